The van der Waals surface area contributed by atoms with Gasteiger partial charge >= 0.3 is 0 Å². The summed E-state index contributed by atoms with van der Waals surface area (Å²) < 4.78 is 15.6. The van der Waals surface area contributed by atoms with E-state index in [1.165, 1.54) is 0 Å². The second-order valence-electron chi connectivity index (χ2n) is 6.12. The minimum Gasteiger partial charge on any atom is -0.324 e. The lowest BCUT2D eigenvalue weighted by atomic mass is 9.99. The summed E-state index contributed by atoms with van der Waals surface area (Å²) >= 11 is 3.47. The van der Waals surface area contributed by atoms with Crippen LogP contribution in [0.15, 0.2) is 34.8 Å². The van der Waals surface area contributed by atoms with Crippen LogP contribution in [0.2, 0.25) is 0 Å². The summed E-state index contributed by atoms with van der Waals surface area (Å²) in [6.45, 7) is 3.47. The van der Waals surface area contributed by atoms with Gasteiger partial charge in [0.1, 0.15) is 5.82 Å². The van der Waals surface area contributed by atoms with Gasteiger partial charge in [0.05, 0.1) is 5.69 Å². The van der Waals surface area contributed by atoms with Gasteiger partial charge in [-0.15, -0.1) is 12.4 Å². The molecule has 0 spiro atoms. The Labute approximate surface area is 161 Å². The molecule has 1 aliphatic heterocycles. The van der Waals surface area contributed by atoms with E-state index in [9.17, 15) is 9.18 Å². The van der Waals surface area contributed by atoms with Crippen molar-refractivity contribution in [2.24, 2.45) is 0 Å². The number of hydrogen-bond acceptors (Lipinski definition) is 2. The lowest BCUT2D eigenvalue weighted by molar-refractivity contribution is -0.116. The molecule has 6 heteroatoms. The van der Waals surface area contributed by atoms with Crippen molar-refractivity contribution >= 4 is 39.9 Å². The summed E-state index contributed by atoms with van der Waals surface area (Å²) in [7, 11) is 0. The smallest absolute Gasteiger partial charge is 0.224 e. The Hall–Kier alpha value is -1.43. The highest BCUT2D eigenvalue weighted by Crippen LogP contribution is 2.25. The largest absolute Gasteiger partial charge is 0.324 e. The van der Waals surface area contributed by atoms with Gasteiger partial charge in [0.15, 0.2) is 0 Å². The van der Waals surface area contributed by atoms with E-state index >= 15 is 0 Å². The van der Waals surface area contributed by atoms with E-state index < -0.39 is 0 Å². The van der Waals surface area contributed by atoms with Crippen molar-refractivity contribution < 1.29 is 9.18 Å². The van der Waals surface area contributed by atoms with Gasteiger partial charge in [0.25, 0.3) is 0 Å². The normalized spacial score (nSPS) is 12.9. The average Bonchev–Trinajstić information content (AvgIpc) is 2.59. The van der Waals surface area contributed by atoms with E-state index in [0.717, 1.165) is 33.3 Å². The summed E-state index contributed by atoms with van der Waals surface area (Å²) in [5, 5.41) is 5.93. The zero-order valence-electron chi connectivity index (χ0n) is 14.0. The number of halogens is 3. The fourth-order valence-corrected chi connectivity index (χ4v) is 3.21. The summed E-state index contributed by atoms with van der Waals surface area (Å²) in [6, 6.07) is 9.58. The minimum atomic E-state index is -0.290. The predicted octanol–water partition coefficient (Wildman–Crippen LogP) is 4.54. The first-order valence-corrected chi connectivity index (χ1v) is 8.90. The number of rotatable bonds is 4. The van der Waals surface area contributed by atoms with Gasteiger partial charge in [0.2, 0.25) is 5.91 Å². The maximum absolute atomic E-state index is 14.5. The Kier molecular flexibility index (Phi) is 6.99. The van der Waals surface area contributed by atoms with E-state index in [-0.39, 0.29) is 29.8 Å². The van der Waals surface area contributed by atoms with Gasteiger partial charge in [-0.25, -0.2) is 4.39 Å². The molecule has 0 radical (unpaired) electrons. The molecule has 0 saturated carbocycles. The molecule has 2 aromatic rings. The third-order valence-corrected chi connectivity index (χ3v) is 5.23. The first kappa shape index (κ1) is 19.9. The Morgan fingerprint density at radius 2 is 2.12 bits per heavy atom. The van der Waals surface area contributed by atoms with Gasteiger partial charge in [-0.1, -0.05) is 34.1 Å². The molecule has 1 heterocycles. The van der Waals surface area contributed by atoms with E-state index in [1.807, 2.05) is 25.1 Å². The molecule has 0 unspecified atom stereocenters. The predicted molar refractivity (Wildman–Crippen MR) is 105 cm³/mol. The SMILES string of the molecule is Cc1cc(CCC(=O)Nc2ccc3c(c2F)CCNC3)ccc1Br.Cl. The number of anilines is 1. The molecule has 134 valence electrons. The number of carbonyl (C=O) groups is 1. The Bertz CT molecular complexity index is 782. The van der Waals surface area contributed by atoms with Crippen LogP contribution in [0.25, 0.3) is 0 Å². The van der Waals surface area contributed by atoms with Crippen LogP contribution < -0.4 is 10.6 Å². The topological polar surface area (TPSA) is 41.1 Å². The summed E-state index contributed by atoms with van der Waals surface area (Å²) in [4.78, 5) is 12.2. The quantitative estimate of drug-likeness (QED) is 0.752. The molecule has 0 aromatic heterocycles. The van der Waals surface area contributed by atoms with Crippen LogP contribution in [0.5, 0.6) is 0 Å². The van der Waals surface area contributed by atoms with Crippen LogP contribution in [0.3, 0.4) is 0 Å². The summed E-state index contributed by atoms with van der Waals surface area (Å²) in [5.41, 5.74) is 4.22. The van der Waals surface area contributed by atoms with Crippen molar-refractivity contribution in [2.75, 3.05) is 11.9 Å². The van der Waals surface area contributed by atoms with Crippen LogP contribution >= 0.6 is 28.3 Å². The lowest BCUT2D eigenvalue weighted by Crippen LogP contribution is -2.25. The van der Waals surface area contributed by atoms with E-state index in [0.29, 0.717) is 25.8 Å². The lowest BCUT2D eigenvalue weighted by Gasteiger charge is -2.19. The summed E-state index contributed by atoms with van der Waals surface area (Å²) in [6.07, 6.45) is 1.62. The standard InChI is InChI=1S/C19H20BrFN2O.ClH/c1-12-10-13(2-5-16(12)20)3-7-18(24)23-17-6-4-14-11-22-9-8-15(14)19(17)21;/h2,4-6,10,22H,3,7-9,11H2,1H3,(H,23,24);1H. The molecule has 1 aliphatic rings. The highest BCUT2D eigenvalue weighted by molar-refractivity contribution is 9.10. The number of amides is 1. The molecule has 2 N–H and O–H groups in total. The zero-order valence-corrected chi connectivity index (χ0v) is 16.4. The minimum absolute atomic E-state index is 0. The van der Waals surface area contributed by atoms with Crippen LogP contribution in [-0.4, -0.2) is 12.5 Å². The molecule has 25 heavy (non-hydrogen) atoms. The average molecular weight is 428 g/mol. The molecule has 0 bridgehead atoms. The van der Waals surface area contributed by atoms with E-state index in [2.05, 4.69) is 32.6 Å². The molecule has 3 rings (SSSR count). The van der Waals surface area contributed by atoms with Crippen molar-refractivity contribution in [3.63, 3.8) is 0 Å². The van der Waals surface area contributed by atoms with Crippen LogP contribution in [0.4, 0.5) is 10.1 Å². The number of benzene rings is 2. The first-order chi connectivity index (χ1) is 11.5. The molecular weight excluding hydrogens is 407 g/mol. The molecule has 0 fully saturated rings. The van der Waals surface area contributed by atoms with Crippen molar-refractivity contribution in [1.82, 2.24) is 5.32 Å². The molecular formula is C19H21BrClFN2O. The molecule has 0 aliphatic carbocycles. The van der Waals surface area contributed by atoms with Gasteiger partial charge in [-0.2, -0.15) is 0 Å². The van der Waals surface area contributed by atoms with Crippen molar-refractivity contribution in [1.29, 1.82) is 0 Å². The molecule has 0 saturated heterocycles. The number of carbonyl (C=O) groups excluding carboxylic acids is 1. The van der Waals surface area contributed by atoms with Crippen molar-refractivity contribution in [3.05, 3.63) is 62.9 Å². The van der Waals surface area contributed by atoms with E-state index in [4.69, 9.17) is 0 Å². The van der Waals surface area contributed by atoms with Gasteiger partial charge in [0, 0.05) is 17.4 Å². The van der Waals surface area contributed by atoms with Gasteiger partial charge < -0.3 is 10.6 Å². The second kappa shape index (κ2) is 8.79. The van der Waals surface area contributed by atoms with Gasteiger partial charge in [-0.05, 0) is 60.7 Å². The number of hydrogen-bond donors (Lipinski definition) is 2. The van der Waals surface area contributed by atoms with Crippen LogP contribution in [-0.2, 0) is 24.2 Å². The molecule has 1 amide bonds. The highest BCUT2D eigenvalue weighted by atomic mass is 79.9. The maximum Gasteiger partial charge on any atom is 0.224 e. The molecule has 0 atom stereocenters. The molecule has 2 aromatic carbocycles. The highest BCUT2D eigenvalue weighted by Gasteiger charge is 2.17. The second-order valence-corrected chi connectivity index (χ2v) is 6.98. The van der Waals surface area contributed by atoms with E-state index in [1.54, 1.807) is 6.07 Å². The van der Waals surface area contributed by atoms with Crippen LogP contribution in [0.1, 0.15) is 28.7 Å². The fourth-order valence-electron chi connectivity index (χ4n) is 2.96. The third kappa shape index (κ3) is 4.81. The van der Waals surface area contributed by atoms with Crippen molar-refractivity contribution in [2.45, 2.75) is 32.7 Å². The first-order valence-electron chi connectivity index (χ1n) is 8.10. The zero-order chi connectivity index (χ0) is 17.1. The monoisotopic (exact) mass is 426 g/mol. The van der Waals surface area contributed by atoms with Gasteiger partial charge in [-0.3, -0.25) is 4.79 Å². The molecule has 3 nitrogen and oxygen atoms in total. The fraction of sp³-hybridized carbons (Fsp3) is 0.316. The summed E-state index contributed by atoms with van der Waals surface area (Å²) in [5.74, 6) is -0.454. The third-order valence-electron chi connectivity index (χ3n) is 4.34. The Morgan fingerprint density at radius 3 is 2.88 bits per heavy atom. The van der Waals surface area contributed by atoms with Crippen LogP contribution in [0, 0.1) is 12.7 Å². The number of aryl methyl sites for hydroxylation is 2. The maximum atomic E-state index is 14.5. The Morgan fingerprint density at radius 1 is 1.32 bits per heavy atom. The number of fused-ring (bicyclic) bond motifs is 1. The Balaban J connectivity index is 0.00000225. The number of nitrogens with one attached hydrogen (secondary N) is 2. The van der Waals surface area contributed by atoms with Crippen molar-refractivity contribution in [3.8, 4) is 0 Å².